The van der Waals surface area contributed by atoms with Crippen molar-refractivity contribution in [3.63, 3.8) is 0 Å². The number of aromatic nitrogens is 1. The van der Waals surface area contributed by atoms with Crippen LogP contribution in [0.3, 0.4) is 0 Å². The average molecular weight is 635 g/mol. The summed E-state index contributed by atoms with van der Waals surface area (Å²) < 4.78 is 12.8. The summed E-state index contributed by atoms with van der Waals surface area (Å²) in [7, 11) is 0. The number of esters is 1. The minimum atomic E-state index is -0.773. The molecule has 46 heavy (non-hydrogen) atoms. The SMILES string of the molecule is CC(C)(C)OC(=O)NCC1CCC(C(=O)N2CC[C@@H](C3CCCCC3)[C@H]2C(=O)Nc2ccc3c(c2)cc2n3C(C)(C)OC2=O)CC1. The Bertz CT molecular complexity index is 1490. The molecule has 3 fully saturated rings. The van der Waals surface area contributed by atoms with Crippen LogP contribution in [0.5, 0.6) is 0 Å². The van der Waals surface area contributed by atoms with Crippen LogP contribution in [0.25, 0.3) is 10.9 Å². The maximum absolute atomic E-state index is 14.2. The predicted molar refractivity (Wildman–Crippen MR) is 175 cm³/mol. The fourth-order valence-corrected chi connectivity index (χ4v) is 8.41. The van der Waals surface area contributed by atoms with Gasteiger partial charge < -0.3 is 25.0 Å². The molecule has 3 amide bonds. The van der Waals surface area contributed by atoms with E-state index in [0.717, 1.165) is 55.8 Å². The zero-order valence-electron chi connectivity index (χ0n) is 28.0. The van der Waals surface area contributed by atoms with Crippen LogP contribution in [0.1, 0.15) is 109 Å². The quantitative estimate of drug-likeness (QED) is 0.347. The zero-order chi connectivity index (χ0) is 32.8. The first kappa shape index (κ1) is 32.4. The Balaban J connectivity index is 1.14. The summed E-state index contributed by atoms with van der Waals surface area (Å²) in [5.41, 5.74) is 0.727. The summed E-state index contributed by atoms with van der Waals surface area (Å²) in [5, 5.41) is 6.92. The molecule has 2 aromatic rings. The fraction of sp³-hybridized carbons (Fsp3) is 0.667. The average Bonchev–Trinajstić information content (AvgIpc) is 3.68. The molecule has 2 aliphatic carbocycles. The summed E-state index contributed by atoms with van der Waals surface area (Å²) in [5.74, 6) is 0.414. The Hall–Kier alpha value is -3.56. The van der Waals surface area contributed by atoms with Gasteiger partial charge in [-0.2, -0.15) is 0 Å². The number of rotatable bonds is 6. The van der Waals surface area contributed by atoms with Crippen LogP contribution in [0.4, 0.5) is 10.5 Å². The van der Waals surface area contributed by atoms with E-state index >= 15 is 0 Å². The minimum Gasteiger partial charge on any atom is -0.444 e. The third-order valence-corrected chi connectivity index (χ3v) is 10.5. The fourth-order valence-electron chi connectivity index (χ4n) is 8.41. The van der Waals surface area contributed by atoms with Crippen molar-refractivity contribution < 1.29 is 28.7 Å². The summed E-state index contributed by atoms with van der Waals surface area (Å²) >= 11 is 0. The lowest BCUT2D eigenvalue weighted by Gasteiger charge is -2.36. The largest absolute Gasteiger partial charge is 0.444 e. The highest BCUT2D eigenvalue weighted by molar-refractivity contribution is 6.02. The number of hydrogen-bond acceptors (Lipinski definition) is 6. The Morgan fingerprint density at radius 3 is 2.39 bits per heavy atom. The number of carbonyl (C=O) groups excluding carboxylic acids is 4. The Morgan fingerprint density at radius 2 is 1.70 bits per heavy atom. The second kappa shape index (κ2) is 12.6. The Kier molecular flexibility index (Phi) is 8.85. The molecule has 2 atom stereocenters. The molecule has 10 nitrogen and oxygen atoms in total. The molecule has 0 radical (unpaired) electrons. The second-order valence-electron chi connectivity index (χ2n) is 15.4. The zero-order valence-corrected chi connectivity index (χ0v) is 28.0. The molecule has 1 aromatic heterocycles. The van der Waals surface area contributed by atoms with Gasteiger partial charge in [0.25, 0.3) is 0 Å². The van der Waals surface area contributed by atoms with Crippen LogP contribution >= 0.6 is 0 Å². The van der Waals surface area contributed by atoms with Crippen molar-refractivity contribution in [2.45, 2.75) is 116 Å². The predicted octanol–water partition coefficient (Wildman–Crippen LogP) is 6.57. The van der Waals surface area contributed by atoms with E-state index in [-0.39, 0.29) is 29.6 Å². The number of alkyl carbamates (subject to hydrolysis) is 1. The normalized spacial score (nSPS) is 26.5. The van der Waals surface area contributed by atoms with Gasteiger partial charge in [-0.25, -0.2) is 9.59 Å². The molecule has 250 valence electrons. The highest BCUT2D eigenvalue weighted by atomic mass is 16.6. The maximum atomic E-state index is 14.2. The van der Waals surface area contributed by atoms with E-state index in [1.807, 2.05) is 68.4 Å². The second-order valence-corrected chi connectivity index (χ2v) is 15.4. The van der Waals surface area contributed by atoms with Gasteiger partial charge in [0.2, 0.25) is 11.8 Å². The van der Waals surface area contributed by atoms with Gasteiger partial charge in [-0.1, -0.05) is 32.1 Å². The first-order valence-corrected chi connectivity index (χ1v) is 17.3. The Morgan fingerprint density at radius 1 is 0.978 bits per heavy atom. The maximum Gasteiger partial charge on any atom is 0.407 e. The first-order chi connectivity index (χ1) is 21.8. The minimum absolute atomic E-state index is 0.0945. The lowest BCUT2D eigenvalue weighted by Crippen LogP contribution is -2.49. The van der Waals surface area contributed by atoms with E-state index < -0.39 is 23.5 Å². The van der Waals surface area contributed by atoms with Crippen molar-refractivity contribution in [1.82, 2.24) is 14.8 Å². The molecule has 10 heteroatoms. The van der Waals surface area contributed by atoms with Crippen molar-refractivity contribution in [2.75, 3.05) is 18.4 Å². The molecule has 6 rings (SSSR count). The molecule has 0 unspecified atom stereocenters. The van der Waals surface area contributed by atoms with Crippen LogP contribution in [0.2, 0.25) is 0 Å². The highest BCUT2D eigenvalue weighted by Crippen LogP contribution is 2.42. The van der Waals surface area contributed by atoms with Crippen LogP contribution in [0.15, 0.2) is 24.3 Å². The van der Waals surface area contributed by atoms with Crippen molar-refractivity contribution >= 4 is 40.5 Å². The standard InChI is InChI=1S/C36H50N4O6/c1-35(2,3)46-34(44)37-21-22-11-13-24(14-12-22)32(42)39-18-17-27(23-9-7-6-8-10-23)30(39)31(41)38-26-15-16-28-25(19-26)20-29-33(43)45-36(4,5)40(28)29/h15-16,19-20,22-24,27,30H,6-14,17-18,21H2,1-5H3,(H,37,44)(H,38,41)/t22?,24?,27-,30-/m0/s1. The lowest BCUT2D eigenvalue weighted by molar-refractivity contribution is -0.142. The third-order valence-electron chi connectivity index (χ3n) is 10.5. The van der Waals surface area contributed by atoms with E-state index in [1.165, 1.54) is 19.3 Å². The van der Waals surface area contributed by atoms with E-state index in [2.05, 4.69) is 10.6 Å². The number of benzene rings is 1. The molecule has 2 N–H and O–H groups in total. The van der Waals surface area contributed by atoms with Gasteiger partial charge in [0.15, 0.2) is 5.72 Å². The number of nitrogens with zero attached hydrogens (tertiary/aromatic N) is 2. The molecule has 2 saturated carbocycles. The van der Waals surface area contributed by atoms with Gasteiger partial charge in [-0.05, 0) is 109 Å². The number of carbonyl (C=O) groups is 4. The monoisotopic (exact) mass is 634 g/mol. The molecular formula is C36H50N4O6. The lowest BCUT2D eigenvalue weighted by atomic mass is 9.76. The summed E-state index contributed by atoms with van der Waals surface area (Å²) in [6, 6.07) is 7.02. The number of hydrogen-bond donors (Lipinski definition) is 2. The smallest absolute Gasteiger partial charge is 0.407 e. The number of nitrogens with one attached hydrogen (secondary N) is 2. The first-order valence-electron chi connectivity index (χ1n) is 17.3. The number of fused-ring (bicyclic) bond motifs is 3. The summed E-state index contributed by atoms with van der Waals surface area (Å²) in [6.07, 6.45) is 9.49. The van der Waals surface area contributed by atoms with Crippen LogP contribution < -0.4 is 10.6 Å². The summed E-state index contributed by atoms with van der Waals surface area (Å²) in [6.45, 7) is 10.4. The molecule has 0 spiro atoms. The van der Waals surface area contributed by atoms with Crippen molar-refractivity contribution in [3.05, 3.63) is 30.0 Å². The van der Waals surface area contributed by atoms with Gasteiger partial charge in [0.05, 0.1) is 5.52 Å². The summed E-state index contributed by atoms with van der Waals surface area (Å²) in [4.78, 5) is 54.7. The number of likely N-dealkylation sites (tertiary alicyclic amines) is 1. The molecule has 1 saturated heterocycles. The Labute approximate surface area is 271 Å². The van der Waals surface area contributed by atoms with Gasteiger partial charge in [-0.15, -0.1) is 0 Å². The number of ether oxygens (including phenoxy) is 2. The number of cyclic esters (lactones) is 1. The van der Waals surface area contributed by atoms with Gasteiger partial charge in [0, 0.05) is 30.1 Å². The molecule has 2 aliphatic heterocycles. The van der Waals surface area contributed by atoms with Crippen molar-refractivity contribution in [1.29, 1.82) is 0 Å². The topological polar surface area (TPSA) is 119 Å². The van der Waals surface area contributed by atoms with Crippen molar-refractivity contribution in [3.8, 4) is 0 Å². The molecular weight excluding hydrogens is 584 g/mol. The highest BCUT2D eigenvalue weighted by Gasteiger charge is 2.47. The third kappa shape index (κ3) is 6.63. The van der Waals surface area contributed by atoms with E-state index in [4.69, 9.17) is 9.47 Å². The van der Waals surface area contributed by atoms with Gasteiger partial charge in [-0.3, -0.25) is 14.2 Å². The van der Waals surface area contributed by atoms with Crippen molar-refractivity contribution in [2.24, 2.45) is 23.7 Å². The van der Waals surface area contributed by atoms with E-state index in [9.17, 15) is 19.2 Å². The molecule has 3 heterocycles. The van der Waals surface area contributed by atoms with E-state index in [0.29, 0.717) is 36.3 Å². The van der Waals surface area contributed by atoms with Crippen LogP contribution in [-0.4, -0.2) is 58.1 Å². The van der Waals surface area contributed by atoms with E-state index in [1.54, 1.807) is 0 Å². The number of amides is 3. The molecule has 4 aliphatic rings. The van der Waals surface area contributed by atoms with Crippen LogP contribution in [-0.2, 0) is 24.8 Å². The molecule has 0 bridgehead atoms. The van der Waals surface area contributed by atoms with Crippen LogP contribution in [0, 0.1) is 23.7 Å². The van der Waals surface area contributed by atoms with Gasteiger partial charge >= 0.3 is 12.1 Å². The number of anilines is 1. The molecule has 1 aromatic carbocycles. The van der Waals surface area contributed by atoms with Gasteiger partial charge in [0.1, 0.15) is 17.3 Å².